The van der Waals surface area contributed by atoms with Crippen LogP contribution in [0.4, 0.5) is 4.39 Å². The number of halogens is 2. The minimum Gasteiger partial charge on any atom is -0.469 e. The number of methoxy groups -OCH3 is 1. The van der Waals surface area contributed by atoms with Crippen molar-refractivity contribution in [2.75, 3.05) is 7.11 Å². The molecule has 22 heavy (non-hydrogen) atoms. The third kappa shape index (κ3) is 4.57. The van der Waals surface area contributed by atoms with Gasteiger partial charge in [0.25, 0.3) is 0 Å². The van der Waals surface area contributed by atoms with Crippen molar-refractivity contribution >= 4 is 17.6 Å². The Hall–Kier alpha value is -1.87. The number of esters is 1. The van der Waals surface area contributed by atoms with Gasteiger partial charge < -0.3 is 4.74 Å². The number of ether oxygens (including phenoxy) is 1. The molecule has 2 aromatic rings. The summed E-state index contributed by atoms with van der Waals surface area (Å²) in [7, 11) is 1.39. The van der Waals surface area contributed by atoms with E-state index in [0.717, 1.165) is 29.5 Å². The second kappa shape index (κ2) is 7.95. The molecule has 0 aliphatic rings. The molecule has 2 aromatic carbocycles. The van der Waals surface area contributed by atoms with E-state index >= 15 is 0 Å². The molecule has 0 fully saturated rings. The predicted octanol–water partition coefficient (Wildman–Crippen LogP) is 4.65. The zero-order valence-electron chi connectivity index (χ0n) is 12.4. The average molecular weight is 321 g/mol. The fraction of sp³-hybridized carbons (Fsp3) is 0.278. The maximum atomic E-state index is 13.2. The molecule has 0 aliphatic carbocycles. The molecule has 0 aliphatic heterocycles. The smallest absolute Gasteiger partial charge is 0.305 e. The van der Waals surface area contributed by atoms with Gasteiger partial charge in [0, 0.05) is 6.42 Å². The third-order valence-electron chi connectivity index (χ3n) is 3.49. The number of alkyl halides is 1. The average Bonchev–Trinajstić information content (AvgIpc) is 2.54. The molecule has 1 atom stereocenters. The SMILES string of the molecule is COC(=O)CCCc1ccc(C(Cl)c2cccc(F)c2)cc1. The van der Waals surface area contributed by atoms with Gasteiger partial charge in [-0.25, -0.2) is 4.39 Å². The number of carbonyl (C=O) groups is 1. The summed E-state index contributed by atoms with van der Waals surface area (Å²) in [5.74, 6) is -0.480. The Kier molecular flexibility index (Phi) is 5.96. The lowest BCUT2D eigenvalue weighted by Gasteiger charge is -2.11. The van der Waals surface area contributed by atoms with Crippen LogP contribution in [0.25, 0.3) is 0 Å². The van der Waals surface area contributed by atoms with Gasteiger partial charge in [0.1, 0.15) is 5.82 Å². The molecular formula is C18H18ClFO2. The van der Waals surface area contributed by atoms with Gasteiger partial charge in [0.05, 0.1) is 12.5 Å². The van der Waals surface area contributed by atoms with Crippen molar-refractivity contribution in [2.45, 2.75) is 24.6 Å². The largest absolute Gasteiger partial charge is 0.469 e. The number of benzene rings is 2. The lowest BCUT2D eigenvalue weighted by atomic mass is 10.0. The van der Waals surface area contributed by atoms with E-state index in [1.807, 2.05) is 30.3 Å². The van der Waals surface area contributed by atoms with E-state index in [2.05, 4.69) is 4.74 Å². The lowest BCUT2D eigenvalue weighted by molar-refractivity contribution is -0.140. The van der Waals surface area contributed by atoms with Crippen LogP contribution < -0.4 is 0 Å². The maximum absolute atomic E-state index is 13.2. The van der Waals surface area contributed by atoms with Crippen LogP contribution in [0, 0.1) is 5.82 Å². The van der Waals surface area contributed by atoms with Gasteiger partial charge in [0.15, 0.2) is 0 Å². The Bertz CT molecular complexity index is 625. The molecule has 2 nitrogen and oxygen atoms in total. The highest BCUT2D eigenvalue weighted by atomic mass is 35.5. The molecule has 116 valence electrons. The van der Waals surface area contributed by atoms with Gasteiger partial charge in [-0.3, -0.25) is 4.79 Å². The van der Waals surface area contributed by atoms with Gasteiger partial charge in [-0.05, 0) is 41.7 Å². The summed E-state index contributed by atoms with van der Waals surface area (Å²) in [6.45, 7) is 0. The van der Waals surface area contributed by atoms with E-state index in [0.29, 0.717) is 6.42 Å². The number of rotatable bonds is 6. The minimum atomic E-state index is -0.375. The molecule has 0 N–H and O–H groups in total. The molecule has 0 heterocycles. The van der Waals surface area contributed by atoms with Crippen molar-refractivity contribution < 1.29 is 13.9 Å². The number of hydrogen-bond acceptors (Lipinski definition) is 2. The maximum Gasteiger partial charge on any atom is 0.305 e. The van der Waals surface area contributed by atoms with Gasteiger partial charge in [-0.2, -0.15) is 0 Å². The highest BCUT2D eigenvalue weighted by molar-refractivity contribution is 6.22. The summed E-state index contributed by atoms with van der Waals surface area (Å²) in [4.78, 5) is 11.1. The van der Waals surface area contributed by atoms with Crippen LogP contribution in [0.3, 0.4) is 0 Å². The molecule has 0 radical (unpaired) electrons. The Morgan fingerprint density at radius 3 is 2.55 bits per heavy atom. The Morgan fingerprint density at radius 2 is 1.91 bits per heavy atom. The molecule has 2 rings (SSSR count). The monoisotopic (exact) mass is 320 g/mol. The summed E-state index contributed by atoms with van der Waals surface area (Å²) in [6, 6.07) is 14.2. The Labute approximate surface area is 134 Å². The van der Waals surface area contributed by atoms with Gasteiger partial charge >= 0.3 is 5.97 Å². The quantitative estimate of drug-likeness (QED) is 0.572. The van der Waals surface area contributed by atoms with E-state index in [1.165, 1.54) is 19.2 Å². The second-order valence-corrected chi connectivity index (χ2v) is 5.53. The van der Waals surface area contributed by atoms with E-state index in [4.69, 9.17) is 11.6 Å². The van der Waals surface area contributed by atoms with Crippen LogP contribution in [0.5, 0.6) is 0 Å². The highest BCUT2D eigenvalue weighted by Crippen LogP contribution is 2.29. The molecule has 0 spiro atoms. The first-order valence-electron chi connectivity index (χ1n) is 7.15. The van der Waals surface area contributed by atoms with E-state index in [-0.39, 0.29) is 17.2 Å². The normalized spacial score (nSPS) is 12.0. The minimum absolute atomic E-state index is 0.191. The summed E-state index contributed by atoms with van der Waals surface area (Å²) in [6.07, 6.45) is 1.97. The first kappa shape index (κ1) is 16.5. The third-order valence-corrected chi connectivity index (χ3v) is 3.99. The second-order valence-electron chi connectivity index (χ2n) is 5.09. The first-order chi connectivity index (χ1) is 10.6. The molecule has 4 heteroatoms. The van der Waals surface area contributed by atoms with Crippen LogP contribution in [0.1, 0.15) is 34.9 Å². The number of carbonyl (C=O) groups excluding carboxylic acids is 1. The van der Waals surface area contributed by atoms with E-state index in [9.17, 15) is 9.18 Å². The zero-order valence-corrected chi connectivity index (χ0v) is 13.1. The summed E-state index contributed by atoms with van der Waals surface area (Å²) < 4.78 is 17.9. The van der Waals surface area contributed by atoms with Crippen LogP contribution in [-0.4, -0.2) is 13.1 Å². The number of aryl methyl sites for hydroxylation is 1. The molecule has 1 unspecified atom stereocenters. The molecule has 0 saturated carbocycles. The Morgan fingerprint density at radius 1 is 1.18 bits per heavy atom. The molecular weight excluding hydrogens is 303 g/mol. The van der Waals surface area contributed by atoms with Crippen molar-refractivity contribution in [3.63, 3.8) is 0 Å². The van der Waals surface area contributed by atoms with Crippen LogP contribution in [0.2, 0.25) is 0 Å². The number of hydrogen-bond donors (Lipinski definition) is 0. The van der Waals surface area contributed by atoms with Crippen molar-refractivity contribution in [1.29, 1.82) is 0 Å². The van der Waals surface area contributed by atoms with Crippen LogP contribution in [-0.2, 0) is 16.0 Å². The van der Waals surface area contributed by atoms with Gasteiger partial charge in [0.2, 0.25) is 0 Å². The molecule has 0 saturated heterocycles. The summed E-state index contributed by atoms with van der Waals surface area (Å²) >= 11 is 6.39. The van der Waals surface area contributed by atoms with Gasteiger partial charge in [-0.15, -0.1) is 11.6 Å². The summed E-state index contributed by atoms with van der Waals surface area (Å²) in [5, 5.41) is -0.375. The topological polar surface area (TPSA) is 26.3 Å². The fourth-order valence-corrected chi connectivity index (χ4v) is 2.53. The zero-order chi connectivity index (χ0) is 15.9. The van der Waals surface area contributed by atoms with Crippen molar-refractivity contribution in [1.82, 2.24) is 0 Å². The predicted molar refractivity (Wildman–Crippen MR) is 85.5 cm³/mol. The fourth-order valence-electron chi connectivity index (χ4n) is 2.25. The highest BCUT2D eigenvalue weighted by Gasteiger charge is 2.11. The van der Waals surface area contributed by atoms with Crippen molar-refractivity contribution in [3.8, 4) is 0 Å². The van der Waals surface area contributed by atoms with Crippen LogP contribution >= 0.6 is 11.6 Å². The standard InChI is InChI=1S/C18H18ClFO2/c1-22-17(21)7-2-4-13-8-10-14(11-9-13)18(19)15-5-3-6-16(20)12-15/h3,5-6,8-12,18H,2,4,7H2,1H3. The van der Waals surface area contributed by atoms with Gasteiger partial charge in [-0.1, -0.05) is 36.4 Å². The first-order valence-corrected chi connectivity index (χ1v) is 7.59. The van der Waals surface area contributed by atoms with E-state index < -0.39 is 0 Å². The van der Waals surface area contributed by atoms with Crippen molar-refractivity contribution in [3.05, 3.63) is 71.0 Å². The van der Waals surface area contributed by atoms with E-state index in [1.54, 1.807) is 6.07 Å². The molecule has 0 bridgehead atoms. The molecule has 0 amide bonds. The van der Waals surface area contributed by atoms with Crippen molar-refractivity contribution in [2.24, 2.45) is 0 Å². The Balaban J connectivity index is 1.98. The lowest BCUT2D eigenvalue weighted by Crippen LogP contribution is -2.00. The summed E-state index contributed by atoms with van der Waals surface area (Å²) in [5.41, 5.74) is 2.79. The molecule has 0 aromatic heterocycles. The van der Waals surface area contributed by atoms with Crippen LogP contribution in [0.15, 0.2) is 48.5 Å².